The van der Waals surface area contributed by atoms with Crippen molar-refractivity contribution in [2.75, 3.05) is 24.6 Å². The molecule has 0 amide bonds. The summed E-state index contributed by atoms with van der Waals surface area (Å²) < 4.78 is 50.1. The van der Waals surface area contributed by atoms with E-state index in [2.05, 4.69) is 6.92 Å². The van der Waals surface area contributed by atoms with E-state index in [9.17, 15) is 16.8 Å². The van der Waals surface area contributed by atoms with E-state index in [0.29, 0.717) is 19.0 Å². The molecule has 2 aliphatic rings. The van der Waals surface area contributed by atoms with Gasteiger partial charge in [0, 0.05) is 19.1 Å². The highest BCUT2D eigenvalue weighted by atomic mass is 32.2. The fourth-order valence-electron chi connectivity index (χ4n) is 3.39. The Morgan fingerprint density at radius 1 is 1.19 bits per heavy atom. The smallest absolute Gasteiger partial charge is 0.217 e. The topological polar surface area (TPSA) is 97.5 Å². The molecule has 0 bridgehead atoms. The van der Waals surface area contributed by atoms with Crippen LogP contribution < -0.4 is 5.73 Å². The molecule has 0 aromatic carbocycles. The molecular formula is C13H26N2O4S2. The molecule has 0 aromatic rings. The molecule has 2 heterocycles. The molecule has 124 valence electrons. The summed E-state index contributed by atoms with van der Waals surface area (Å²) in [6.07, 6.45) is 3.17. The van der Waals surface area contributed by atoms with Crippen LogP contribution in [0.2, 0.25) is 0 Å². The van der Waals surface area contributed by atoms with Gasteiger partial charge in [-0.2, -0.15) is 4.31 Å². The molecule has 0 spiro atoms. The van der Waals surface area contributed by atoms with Crippen LogP contribution in [0.15, 0.2) is 0 Å². The summed E-state index contributed by atoms with van der Waals surface area (Å²) in [5, 5.41) is -0.562. The minimum atomic E-state index is -3.44. The van der Waals surface area contributed by atoms with Crippen molar-refractivity contribution in [1.82, 2.24) is 4.31 Å². The fourth-order valence-corrected chi connectivity index (χ4v) is 7.34. The molecule has 0 saturated carbocycles. The van der Waals surface area contributed by atoms with Crippen LogP contribution in [0.25, 0.3) is 0 Å². The van der Waals surface area contributed by atoms with E-state index in [4.69, 9.17) is 5.73 Å². The normalized spacial score (nSPS) is 32.1. The second kappa shape index (κ2) is 6.52. The largest absolute Gasteiger partial charge is 0.329 e. The lowest BCUT2D eigenvalue weighted by molar-refractivity contribution is 0.195. The van der Waals surface area contributed by atoms with Gasteiger partial charge in [0.05, 0.1) is 16.8 Å². The molecule has 2 fully saturated rings. The van der Waals surface area contributed by atoms with Gasteiger partial charge in [-0.25, -0.2) is 16.8 Å². The van der Waals surface area contributed by atoms with Crippen molar-refractivity contribution in [1.29, 1.82) is 0 Å². The number of hydrogen-bond acceptors (Lipinski definition) is 5. The van der Waals surface area contributed by atoms with E-state index in [1.807, 2.05) is 0 Å². The van der Waals surface area contributed by atoms with E-state index in [0.717, 1.165) is 19.3 Å². The lowest BCUT2D eigenvalue weighted by atomic mass is 9.90. The monoisotopic (exact) mass is 338 g/mol. The highest BCUT2D eigenvalue weighted by molar-refractivity contribution is 7.92. The van der Waals surface area contributed by atoms with Crippen molar-refractivity contribution in [3.8, 4) is 0 Å². The average Bonchev–Trinajstić information content (AvgIpc) is 2.46. The van der Waals surface area contributed by atoms with Crippen molar-refractivity contribution in [3.63, 3.8) is 0 Å². The number of rotatable bonds is 4. The minimum Gasteiger partial charge on any atom is -0.329 e. The third kappa shape index (κ3) is 3.78. The maximum atomic E-state index is 12.8. The zero-order valence-corrected chi connectivity index (χ0v) is 14.2. The minimum absolute atomic E-state index is 0.0182. The van der Waals surface area contributed by atoms with Gasteiger partial charge < -0.3 is 5.73 Å². The van der Waals surface area contributed by atoms with E-state index >= 15 is 0 Å². The number of sulfonamides is 1. The summed E-state index contributed by atoms with van der Waals surface area (Å²) in [5.41, 5.74) is 5.78. The van der Waals surface area contributed by atoms with Crippen LogP contribution in [0.5, 0.6) is 0 Å². The molecule has 0 radical (unpaired) electrons. The molecule has 2 atom stereocenters. The Morgan fingerprint density at radius 3 is 2.33 bits per heavy atom. The van der Waals surface area contributed by atoms with Crippen LogP contribution >= 0.6 is 0 Å². The molecule has 2 unspecified atom stereocenters. The fraction of sp³-hybridized carbons (Fsp3) is 1.00. The quantitative estimate of drug-likeness (QED) is 0.797. The number of piperidine rings is 1. The average molecular weight is 338 g/mol. The van der Waals surface area contributed by atoms with Gasteiger partial charge in [0.25, 0.3) is 0 Å². The molecule has 2 aliphatic heterocycles. The molecule has 8 heteroatoms. The summed E-state index contributed by atoms with van der Waals surface area (Å²) >= 11 is 0. The summed E-state index contributed by atoms with van der Waals surface area (Å²) in [6, 6.07) is -0.132. The van der Waals surface area contributed by atoms with Crippen molar-refractivity contribution in [2.24, 2.45) is 11.7 Å². The van der Waals surface area contributed by atoms with Gasteiger partial charge in [-0.15, -0.1) is 0 Å². The highest BCUT2D eigenvalue weighted by Gasteiger charge is 2.41. The predicted molar refractivity (Wildman–Crippen MR) is 83.2 cm³/mol. The van der Waals surface area contributed by atoms with Gasteiger partial charge in [0.1, 0.15) is 9.84 Å². The zero-order valence-electron chi connectivity index (χ0n) is 12.6. The Bertz CT molecular complexity index is 545. The second-order valence-corrected chi connectivity index (χ2v) is 10.7. The van der Waals surface area contributed by atoms with Gasteiger partial charge >= 0.3 is 0 Å². The summed E-state index contributed by atoms with van der Waals surface area (Å²) in [6.45, 7) is 2.97. The number of hydrogen-bond donors (Lipinski definition) is 1. The maximum absolute atomic E-state index is 12.8. The molecule has 2 N–H and O–H groups in total. The first-order valence-electron chi connectivity index (χ1n) is 7.71. The van der Waals surface area contributed by atoms with Crippen LogP contribution in [0.1, 0.15) is 39.0 Å². The third-order valence-corrected chi connectivity index (χ3v) is 9.03. The van der Waals surface area contributed by atoms with Gasteiger partial charge in [0.2, 0.25) is 10.0 Å². The first kappa shape index (κ1) is 17.2. The van der Waals surface area contributed by atoms with Gasteiger partial charge in [-0.1, -0.05) is 13.3 Å². The first-order chi connectivity index (χ1) is 9.80. The van der Waals surface area contributed by atoms with Crippen molar-refractivity contribution >= 4 is 19.9 Å². The van der Waals surface area contributed by atoms with Crippen molar-refractivity contribution in [2.45, 2.75) is 50.3 Å². The number of nitrogens with zero attached hydrogens (tertiary/aromatic N) is 1. The number of sulfone groups is 1. The molecule has 2 saturated heterocycles. The summed E-state index contributed by atoms with van der Waals surface area (Å²) in [5.74, 6) is 0.502. The zero-order chi connectivity index (χ0) is 15.7. The van der Waals surface area contributed by atoms with Crippen LogP contribution in [-0.4, -0.2) is 57.0 Å². The summed E-state index contributed by atoms with van der Waals surface area (Å²) in [4.78, 5) is 0. The van der Waals surface area contributed by atoms with Crippen LogP contribution in [0.4, 0.5) is 0 Å². The van der Waals surface area contributed by atoms with E-state index in [-0.39, 0.29) is 30.4 Å². The van der Waals surface area contributed by atoms with Gasteiger partial charge in [-0.3, -0.25) is 0 Å². The molecule has 21 heavy (non-hydrogen) atoms. The van der Waals surface area contributed by atoms with E-state index in [1.165, 1.54) is 0 Å². The van der Waals surface area contributed by atoms with Crippen LogP contribution in [0, 0.1) is 5.92 Å². The van der Waals surface area contributed by atoms with Crippen molar-refractivity contribution < 1.29 is 16.8 Å². The number of nitrogens with two attached hydrogens (primary N) is 1. The standard InChI is InChI=1S/C13H26N2O4S2/c1-2-11-3-6-15(12(9-11)10-14)21(18,19)13-4-7-20(16,17)8-5-13/h11-13H,2-10,14H2,1H3. The van der Waals surface area contributed by atoms with Crippen molar-refractivity contribution in [3.05, 3.63) is 0 Å². The Balaban J connectivity index is 2.12. The summed E-state index contributed by atoms with van der Waals surface area (Å²) in [7, 11) is -6.49. The Kier molecular flexibility index (Phi) is 5.33. The Morgan fingerprint density at radius 2 is 1.81 bits per heavy atom. The highest BCUT2D eigenvalue weighted by Crippen LogP contribution is 2.31. The van der Waals surface area contributed by atoms with E-state index < -0.39 is 25.1 Å². The first-order valence-corrected chi connectivity index (χ1v) is 11.0. The molecule has 0 aromatic heterocycles. The third-order valence-electron chi connectivity index (χ3n) is 4.87. The molecule has 2 rings (SSSR count). The van der Waals surface area contributed by atoms with Gasteiger partial charge in [0.15, 0.2) is 0 Å². The lowest BCUT2D eigenvalue weighted by Gasteiger charge is -2.40. The van der Waals surface area contributed by atoms with E-state index in [1.54, 1.807) is 4.31 Å². The Labute approximate surface area is 128 Å². The van der Waals surface area contributed by atoms with Crippen LogP contribution in [-0.2, 0) is 19.9 Å². The molecular weight excluding hydrogens is 312 g/mol. The maximum Gasteiger partial charge on any atom is 0.217 e. The second-order valence-electron chi connectivity index (χ2n) is 6.20. The lowest BCUT2D eigenvalue weighted by Crippen LogP contribution is -2.53. The van der Waals surface area contributed by atoms with Crippen LogP contribution in [0.3, 0.4) is 0 Å². The SMILES string of the molecule is CCC1CCN(S(=O)(=O)C2CCS(=O)(=O)CC2)C(CN)C1. The molecule has 6 nitrogen and oxygen atoms in total. The molecule has 0 aliphatic carbocycles. The van der Waals surface area contributed by atoms with Gasteiger partial charge in [-0.05, 0) is 31.6 Å². The predicted octanol–water partition coefficient (Wildman–Crippen LogP) is 0.343. The Hall–Kier alpha value is -0.180.